The maximum Gasteiger partial charge on any atom is 0.134 e. The van der Waals surface area contributed by atoms with Gasteiger partial charge in [0.25, 0.3) is 0 Å². The molecule has 0 fully saturated rings. The smallest absolute Gasteiger partial charge is 0.134 e. The van der Waals surface area contributed by atoms with E-state index in [0.29, 0.717) is 6.61 Å². The first-order valence-electron chi connectivity index (χ1n) is 3.52. The van der Waals surface area contributed by atoms with Gasteiger partial charge in [-0.05, 0) is 17.7 Å². The molecule has 0 aliphatic heterocycles. The van der Waals surface area contributed by atoms with Crippen LogP contribution in [0.2, 0.25) is 0 Å². The molecule has 0 aliphatic rings. The third-order valence-corrected chi connectivity index (χ3v) is 1.88. The molecule has 2 nitrogen and oxygen atoms in total. The predicted octanol–water partition coefficient (Wildman–Crippen LogP) is 2.49. The van der Waals surface area contributed by atoms with Crippen molar-refractivity contribution in [1.29, 1.82) is 5.26 Å². The first-order chi connectivity index (χ1) is 5.83. The van der Waals surface area contributed by atoms with Gasteiger partial charge in [0.1, 0.15) is 6.61 Å². The summed E-state index contributed by atoms with van der Waals surface area (Å²) in [5, 5.41) is 8.21. The van der Waals surface area contributed by atoms with E-state index in [-0.39, 0.29) is 6.61 Å². The van der Waals surface area contributed by atoms with Gasteiger partial charge >= 0.3 is 0 Å². The molecule has 0 saturated carbocycles. The highest BCUT2D eigenvalue weighted by atomic mass is 79.9. The van der Waals surface area contributed by atoms with E-state index in [4.69, 9.17) is 10.00 Å². The summed E-state index contributed by atoms with van der Waals surface area (Å²) in [4.78, 5) is 0. The van der Waals surface area contributed by atoms with E-state index in [9.17, 15) is 0 Å². The summed E-state index contributed by atoms with van der Waals surface area (Å²) in [7, 11) is 0. The molecule has 1 aromatic carbocycles. The lowest BCUT2D eigenvalue weighted by Gasteiger charge is -1.99. The molecule has 0 aromatic heterocycles. The van der Waals surface area contributed by atoms with Gasteiger partial charge in [0, 0.05) is 4.47 Å². The average Bonchev–Trinajstić information content (AvgIpc) is 2.09. The lowest BCUT2D eigenvalue weighted by atomic mass is 10.2. The van der Waals surface area contributed by atoms with Gasteiger partial charge in [-0.1, -0.05) is 28.1 Å². The van der Waals surface area contributed by atoms with Crippen molar-refractivity contribution >= 4 is 15.9 Å². The Morgan fingerprint density at radius 1 is 1.33 bits per heavy atom. The summed E-state index contributed by atoms with van der Waals surface area (Å²) in [5.41, 5.74) is 1.08. The first-order valence-corrected chi connectivity index (χ1v) is 4.31. The predicted molar refractivity (Wildman–Crippen MR) is 49.4 cm³/mol. The number of nitrogens with zero attached hydrogens (tertiary/aromatic N) is 1. The number of benzene rings is 1. The first kappa shape index (κ1) is 9.24. The summed E-state index contributed by atoms with van der Waals surface area (Å²) in [6.45, 7) is 0.650. The number of nitriles is 1. The number of rotatable bonds is 3. The zero-order valence-corrected chi connectivity index (χ0v) is 8.04. The molecule has 62 valence electrons. The van der Waals surface area contributed by atoms with E-state index in [1.54, 1.807) is 0 Å². The largest absolute Gasteiger partial charge is 0.362 e. The molecule has 1 aromatic rings. The van der Waals surface area contributed by atoms with Crippen molar-refractivity contribution in [2.75, 3.05) is 6.61 Å². The van der Waals surface area contributed by atoms with Crippen molar-refractivity contribution in [1.82, 2.24) is 0 Å². The number of hydrogen-bond donors (Lipinski definition) is 0. The van der Waals surface area contributed by atoms with E-state index < -0.39 is 0 Å². The maximum atomic E-state index is 8.21. The van der Waals surface area contributed by atoms with Crippen LogP contribution in [0.25, 0.3) is 0 Å². The lowest BCUT2D eigenvalue weighted by Crippen LogP contribution is -1.91. The Hall–Kier alpha value is -0.850. The van der Waals surface area contributed by atoms with Crippen LogP contribution in [0.15, 0.2) is 28.7 Å². The number of halogens is 1. The molecule has 3 heteroatoms. The highest BCUT2D eigenvalue weighted by molar-refractivity contribution is 9.10. The summed E-state index contributed by atoms with van der Waals surface area (Å²) in [5.74, 6) is 0. The third kappa shape index (κ3) is 3.04. The molecule has 0 unspecified atom stereocenters. The topological polar surface area (TPSA) is 33.0 Å². The van der Waals surface area contributed by atoms with Crippen LogP contribution >= 0.6 is 15.9 Å². The van der Waals surface area contributed by atoms with E-state index >= 15 is 0 Å². The molecule has 0 heterocycles. The van der Waals surface area contributed by atoms with Gasteiger partial charge in [-0.25, -0.2) is 0 Å². The molecular weight excluding hydrogens is 218 g/mol. The summed E-state index contributed by atoms with van der Waals surface area (Å²) >= 11 is 3.33. The molecular formula is C9H8BrNO. The molecule has 0 amide bonds. The van der Waals surface area contributed by atoms with Crippen LogP contribution in [-0.4, -0.2) is 6.61 Å². The number of ether oxygens (including phenoxy) is 1. The van der Waals surface area contributed by atoms with Crippen LogP contribution in [0.3, 0.4) is 0 Å². The Balaban J connectivity index is 2.43. The van der Waals surface area contributed by atoms with Crippen LogP contribution in [0.5, 0.6) is 0 Å². The highest BCUT2D eigenvalue weighted by Gasteiger charge is 1.91. The fraction of sp³-hybridized carbons (Fsp3) is 0.222. The molecule has 0 aliphatic carbocycles. The fourth-order valence-corrected chi connectivity index (χ4v) is 1.06. The van der Waals surface area contributed by atoms with Crippen molar-refractivity contribution < 1.29 is 4.74 Å². The van der Waals surface area contributed by atoms with Crippen LogP contribution in [0.1, 0.15) is 5.56 Å². The molecule has 0 saturated heterocycles. The zero-order chi connectivity index (χ0) is 8.81. The Kier molecular flexibility index (Phi) is 3.78. The molecule has 1 rings (SSSR count). The van der Waals surface area contributed by atoms with Gasteiger partial charge in [-0.2, -0.15) is 5.26 Å². The minimum absolute atomic E-state index is 0.149. The van der Waals surface area contributed by atoms with Crippen LogP contribution in [0, 0.1) is 11.3 Å². The van der Waals surface area contributed by atoms with E-state index in [1.165, 1.54) is 0 Å². The molecule has 0 bridgehead atoms. The van der Waals surface area contributed by atoms with Crippen LogP contribution < -0.4 is 0 Å². The second-order valence-electron chi connectivity index (χ2n) is 2.28. The van der Waals surface area contributed by atoms with Gasteiger partial charge in [0.15, 0.2) is 0 Å². The average molecular weight is 226 g/mol. The van der Waals surface area contributed by atoms with Crippen molar-refractivity contribution in [2.24, 2.45) is 0 Å². The Morgan fingerprint density at radius 2 is 2.00 bits per heavy atom. The Labute approximate surface area is 79.9 Å². The standard InChI is InChI=1S/C9H8BrNO/c10-9-3-1-8(2-4-9)7-12-6-5-11/h1-4H,6-7H2. The van der Waals surface area contributed by atoms with Crippen LogP contribution in [0.4, 0.5) is 0 Å². The molecule has 0 spiro atoms. The van der Waals surface area contributed by atoms with Crippen molar-refractivity contribution in [2.45, 2.75) is 6.61 Å². The SMILES string of the molecule is N#CCOCc1ccc(Br)cc1. The minimum Gasteiger partial charge on any atom is -0.362 e. The van der Waals surface area contributed by atoms with Gasteiger partial charge in [-0.15, -0.1) is 0 Å². The summed E-state index contributed by atoms with van der Waals surface area (Å²) in [6, 6.07) is 9.74. The zero-order valence-electron chi connectivity index (χ0n) is 6.46. The van der Waals surface area contributed by atoms with Gasteiger partial charge in [0.2, 0.25) is 0 Å². The fourth-order valence-electron chi connectivity index (χ4n) is 0.795. The van der Waals surface area contributed by atoms with Crippen LogP contribution in [-0.2, 0) is 11.3 Å². The molecule has 0 N–H and O–H groups in total. The Bertz CT molecular complexity index is 276. The quantitative estimate of drug-likeness (QED) is 0.741. The van der Waals surface area contributed by atoms with Gasteiger partial charge in [-0.3, -0.25) is 0 Å². The second-order valence-corrected chi connectivity index (χ2v) is 3.19. The van der Waals surface area contributed by atoms with E-state index in [2.05, 4.69) is 15.9 Å². The van der Waals surface area contributed by atoms with E-state index in [0.717, 1.165) is 10.0 Å². The normalized spacial score (nSPS) is 9.33. The van der Waals surface area contributed by atoms with E-state index in [1.807, 2.05) is 30.3 Å². The third-order valence-electron chi connectivity index (χ3n) is 1.35. The second kappa shape index (κ2) is 4.91. The van der Waals surface area contributed by atoms with Gasteiger partial charge in [0.05, 0.1) is 12.7 Å². The highest BCUT2D eigenvalue weighted by Crippen LogP contribution is 2.10. The Morgan fingerprint density at radius 3 is 2.58 bits per heavy atom. The van der Waals surface area contributed by atoms with Crippen molar-refractivity contribution in [3.63, 3.8) is 0 Å². The summed E-state index contributed by atoms with van der Waals surface area (Å²) in [6.07, 6.45) is 0. The monoisotopic (exact) mass is 225 g/mol. The molecule has 0 atom stereocenters. The maximum absolute atomic E-state index is 8.21. The molecule has 12 heavy (non-hydrogen) atoms. The van der Waals surface area contributed by atoms with Crippen molar-refractivity contribution in [3.05, 3.63) is 34.3 Å². The number of hydrogen-bond acceptors (Lipinski definition) is 2. The van der Waals surface area contributed by atoms with Gasteiger partial charge < -0.3 is 4.74 Å². The lowest BCUT2D eigenvalue weighted by molar-refractivity contribution is 0.152. The molecule has 0 radical (unpaired) electrons. The summed E-state index contributed by atoms with van der Waals surface area (Å²) < 4.78 is 6.08. The van der Waals surface area contributed by atoms with Crippen molar-refractivity contribution in [3.8, 4) is 6.07 Å². The minimum atomic E-state index is 0.149.